The molecule has 0 aliphatic heterocycles. The number of furan rings is 1. The van der Waals surface area contributed by atoms with E-state index in [1.54, 1.807) is 11.8 Å². The van der Waals surface area contributed by atoms with Gasteiger partial charge in [0.15, 0.2) is 0 Å². The third kappa shape index (κ3) is 5.10. The molecule has 1 amide bonds. The smallest absolute Gasteiger partial charge is 0.401 e. The predicted molar refractivity (Wildman–Crippen MR) is 84.6 cm³/mol. The van der Waals surface area contributed by atoms with Crippen molar-refractivity contribution in [3.63, 3.8) is 0 Å². The Morgan fingerprint density at radius 1 is 1.27 bits per heavy atom. The zero-order chi connectivity index (χ0) is 15.8. The van der Waals surface area contributed by atoms with Crippen LogP contribution in [-0.4, -0.2) is 23.1 Å². The monoisotopic (exact) mass is 318 g/mol. The van der Waals surface area contributed by atoms with Crippen molar-refractivity contribution in [1.82, 2.24) is 5.32 Å². The van der Waals surface area contributed by atoms with E-state index in [1.165, 1.54) is 24.3 Å². The highest BCUT2D eigenvalue weighted by molar-refractivity contribution is 7.99. The van der Waals surface area contributed by atoms with Crippen molar-refractivity contribution >= 4 is 29.6 Å². The van der Waals surface area contributed by atoms with Crippen molar-refractivity contribution in [3.8, 4) is 0 Å². The fraction of sp³-hybridized carbons (Fsp3) is 0.133. The van der Waals surface area contributed by atoms with Crippen molar-refractivity contribution < 1.29 is 14.1 Å². The van der Waals surface area contributed by atoms with Gasteiger partial charge in [-0.15, -0.1) is 11.8 Å². The van der Waals surface area contributed by atoms with Gasteiger partial charge >= 0.3 is 5.88 Å². The highest BCUT2D eigenvalue weighted by Crippen LogP contribution is 2.17. The lowest BCUT2D eigenvalue weighted by Gasteiger charge is -2.02. The van der Waals surface area contributed by atoms with Crippen molar-refractivity contribution in [3.05, 3.63) is 64.4 Å². The van der Waals surface area contributed by atoms with Crippen LogP contribution in [0.1, 0.15) is 5.76 Å². The van der Waals surface area contributed by atoms with E-state index in [1.807, 2.05) is 30.3 Å². The summed E-state index contributed by atoms with van der Waals surface area (Å²) >= 11 is 1.65. The van der Waals surface area contributed by atoms with E-state index in [0.29, 0.717) is 6.54 Å². The molecule has 0 aliphatic rings. The number of nitrogens with one attached hydrogen (secondary N) is 1. The van der Waals surface area contributed by atoms with Gasteiger partial charge in [0.25, 0.3) is 0 Å². The van der Waals surface area contributed by atoms with Crippen LogP contribution in [0.3, 0.4) is 0 Å². The minimum absolute atomic E-state index is 0.264. The van der Waals surface area contributed by atoms with Gasteiger partial charge in [-0.25, -0.2) is 0 Å². The quantitative estimate of drug-likeness (QED) is 0.279. The van der Waals surface area contributed by atoms with Crippen LogP contribution in [0, 0.1) is 10.1 Å². The molecule has 114 valence electrons. The molecule has 0 aliphatic carbocycles. The number of hydrogen-bond donors (Lipinski definition) is 1. The average Bonchev–Trinajstić information content (AvgIpc) is 3.00. The minimum Gasteiger partial charge on any atom is -0.401 e. The van der Waals surface area contributed by atoms with Gasteiger partial charge in [0.2, 0.25) is 5.91 Å². The summed E-state index contributed by atoms with van der Waals surface area (Å²) in [5, 5.41) is 13.2. The van der Waals surface area contributed by atoms with Crippen LogP contribution in [0.2, 0.25) is 0 Å². The van der Waals surface area contributed by atoms with Crippen LogP contribution >= 0.6 is 11.8 Å². The molecule has 0 saturated heterocycles. The molecule has 6 nitrogen and oxygen atoms in total. The predicted octanol–water partition coefficient (Wildman–Crippen LogP) is 3.11. The molecule has 0 bridgehead atoms. The van der Waals surface area contributed by atoms with Crippen molar-refractivity contribution in [1.29, 1.82) is 0 Å². The Bertz CT molecular complexity index is 667. The van der Waals surface area contributed by atoms with E-state index in [4.69, 9.17) is 4.42 Å². The van der Waals surface area contributed by atoms with Gasteiger partial charge < -0.3 is 9.73 Å². The number of nitro groups is 1. The van der Waals surface area contributed by atoms with Gasteiger partial charge in [0, 0.05) is 23.3 Å². The molecule has 0 radical (unpaired) electrons. The molecular weight excluding hydrogens is 304 g/mol. The summed E-state index contributed by atoms with van der Waals surface area (Å²) in [6, 6.07) is 12.6. The number of hydrogen-bond acceptors (Lipinski definition) is 5. The SMILES string of the molecule is O=C(/C=C/c1ccc([N+](=O)[O-])o1)NCCSc1ccccc1. The summed E-state index contributed by atoms with van der Waals surface area (Å²) in [6.07, 6.45) is 2.68. The molecule has 22 heavy (non-hydrogen) atoms. The fourth-order valence-corrected chi connectivity index (χ4v) is 2.40. The largest absolute Gasteiger partial charge is 0.433 e. The minimum atomic E-state index is -0.627. The Labute approximate surface area is 131 Å². The van der Waals surface area contributed by atoms with Gasteiger partial charge in [0.05, 0.1) is 6.07 Å². The van der Waals surface area contributed by atoms with Crippen LogP contribution in [0.5, 0.6) is 0 Å². The van der Waals surface area contributed by atoms with Crippen molar-refractivity contribution in [2.45, 2.75) is 4.90 Å². The van der Waals surface area contributed by atoms with Crippen molar-refractivity contribution in [2.75, 3.05) is 12.3 Å². The van der Waals surface area contributed by atoms with E-state index < -0.39 is 4.92 Å². The van der Waals surface area contributed by atoms with E-state index in [9.17, 15) is 14.9 Å². The standard InChI is InChI=1S/C15H14N2O4S/c18-14(8-6-12-7-9-15(21-12)17(19)20)16-10-11-22-13-4-2-1-3-5-13/h1-9H,10-11H2,(H,16,18)/b8-6+. The van der Waals surface area contributed by atoms with E-state index in [0.717, 1.165) is 10.6 Å². The molecule has 0 fully saturated rings. The van der Waals surface area contributed by atoms with Gasteiger partial charge in [-0.05, 0) is 24.3 Å². The van der Waals surface area contributed by atoms with Gasteiger partial charge in [-0.3, -0.25) is 14.9 Å². The molecular formula is C15H14N2O4S. The summed E-state index contributed by atoms with van der Waals surface area (Å²) in [4.78, 5) is 22.6. The number of rotatable bonds is 7. The average molecular weight is 318 g/mol. The third-order valence-corrected chi connectivity index (χ3v) is 3.62. The van der Waals surface area contributed by atoms with Gasteiger partial charge in [0.1, 0.15) is 10.7 Å². The number of benzene rings is 1. The Morgan fingerprint density at radius 2 is 2.05 bits per heavy atom. The molecule has 1 N–H and O–H groups in total. The van der Waals surface area contributed by atoms with E-state index in [-0.39, 0.29) is 17.6 Å². The van der Waals surface area contributed by atoms with Crippen LogP contribution in [0.15, 0.2) is 57.9 Å². The third-order valence-electron chi connectivity index (χ3n) is 2.60. The number of carbonyl (C=O) groups is 1. The Morgan fingerprint density at radius 3 is 2.73 bits per heavy atom. The molecule has 2 rings (SSSR count). The second kappa shape index (κ2) is 8.04. The zero-order valence-electron chi connectivity index (χ0n) is 11.6. The Kier molecular flexibility index (Phi) is 5.79. The van der Waals surface area contributed by atoms with Crippen LogP contribution in [0.25, 0.3) is 6.08 Å². The van der Waals surface area contributed by atoms with Gasteiger partial charge in [-0.1, -0.05) is 18.2 Å². The van der Waals surface area contributed by atoms with E-state index in [2.05, 4.69) is 5.32 Å². The fourth-order valence-electron chi connectivity index (χ4n) is 1.61. The topological polar surface area (TPSA) is 85.4 Å². The number of nitrogens with zero attached hydrogens (tertiary/aromatic N) is 1. The first-order valence-electron chi connectivity index (χ1n) is 6.53. The maximum Gasteiger partial charge on any atom is 0.433 e. The lowest BCUT2D eigenvalue weighted by Crippen LogP contribution is -2.23. The second-order valence-corrected chi connectivity index (χ2v) is 5.39. The zero-order valence-corrected chi connectivity index (χ0v) is 12.4. The molecule has 7 heteroatoms. The van der Waals surface area contributed by atoms with Gasteiger partial charge in [-0.2, -0.15) is 0 Å². The Hall–Kier alpha value is -2.54. The normalized spacial score (nSPS) is 10.7. The van der Waals surface area contributed by atoms with Crippen LogP contribution in [0.4, 0.5) is 5.88 Å². The number of carbonyl (C=O) groups excluding carboxylic acids is 1. The second-order valence-electron chi connectivity index (χ2n) is 4.22. The molecule has 0 spiro atoms. The van der Waals surface area contributed by atoms with Crippen molar-refractivity contribution in [2.24, 2.45) is 0 Å². The van der Waals surface area contributed by atoms with Crippen LogP contribution < -0.4 is 5.32 Å². The molecule has 1 aromatic carbocycles. The Balaban J connectivity index is 1.71. The summed E-state index contributed by atoms with van der Waals surface area (Å²) in [5.41, 5.74) is 0. The maximum absolute atomic E-state index is 11.6. The number of thioether (sulfide) groups is 1. The lowest BCUT2D eigenvalue weighted by atomic mass is 10.4. The first-order valence-corrected chi connectivity index (χ1v) is 7.52. The first-order chi connectivity index (χ1) is 10.6. The van der Waals surface area contributed by atoms with E-state index >= 15 is 0 Å². The maximum atomic E-state index is 11.6. The molecule has 2 aromatic rings. The first kappa shape index (κ1) is 15.8. The number of amides is 1. The summed E-state index contributed by atoms with van der Waals surface area (Å²) in [6.45, 7) is 0.529. The summed E-state index contributed by atoms with van der Waals surface area (Å²) in [5.74, 6) is 0.406. The molecule has 1 heterocycles. The summed E-state index contributed by atoms with van der Waals surface area (Å²) < 4.78 is 4.91. The highest BCUT2D eigenvalue weighted by atomic mass is 32.2. The lowest BCUT2D eigenvalue weighted by molar-refractivity contribution is -0.402. The molecule has 1 aromatic heterocycles. The highest BCUT2D eigenvalue weighted by Gasteiger charge is 2.09. The molecule has 0 saturated carbocycles. The molecule has 0 atom stereocenters. The van der Waals surface area contributed by atoms with Crippen LogP contribution in [-0.2, 0) is 4.79 Å². The molecule has 0 unspecified atom stereocenters. The summed E-state index contributed by atoms with van der Waals surface area (Å²) in [7, 11) is 0.